The van der Waals surface area contributed by atoms with E-state index in [1.54, 1.807) is 31.3 Å². The van der Waals surface area contributed by atoms with Gasteiger partial charge in [0.05, 0.1) is 11.5 Å². The van der Waals surface area contributed by atoms with Crippen molar-refractivity contribution in [3.8, 4) is 0 Å². The van der Waals surface area contributed by atoms with Crippen molar-refractivity contribution in [3.63, 3.8) is 0 Å². The number of ether oxygens (including phenoxy) is 1. The third-order valence-corrected chi connectivity index (χ3v) is 2.84. The molecular weight excluding hydrogens is 250 g/mol. The van der Waals surface area contributed by atoms with Crippen LogP contribution in [0.5, 0.6) is 0 Å². The van der Waals surface area contributed by atoms with Crippen molar-refractivity contribution in [2.24, 2.45) is 0 Å². The molecule has 0 aromatic heterocycles. The van der Waals surface area contributed by atoms with E-state index in [4.69, 9.17) is 4.74 Å². The quantitative estimate of drug-likeness (QED) is 0.811. The maximum Gasteiger partial charge on any atom is 0.414 e. The molecule has 1 aliphatic heterocycles. The molecule has 19 heavy (non-hydrogen) atoms. The third kappa shape index (κ3) is 2.82. The Morgan fingerprint density at radius 3 is 2.74 bits per heavy atom. The molecule has 1 fully saturated rings. The first-order valence-electron chi connectivity index (χ1n) is 5.90. The Labute approximate surface area is 110 Å². The summed E-state index contributed by atoms with van der Waals surface area (Å²) in [6, 6.07) is 6.54. The average molecular weight is 266 g/mol. The predicted octanol–water partition coefficient (Wildman–Crippen LogP) is 1.20. The molecule has 2 rings (SSSR count). The molecule has 1 saturated heterocycles. The zero-order valence-electron chi connectivity index (χ0n) is 10.8. The lowest BCUT2D eigenvalue weighted by atomic mass is 10.2. The standard InChI is InChI=1S/C12H16N3O4/c1-13-7-11-8-14(12(16)19-11)9-3-5-10(6-4-9)15(17)18-2/h3-6,11,13H,7-8H2,1-2H3/q+1. The summed E-state index contributed by atoms with van der Waals surface area (Å²) in [5, 5.41) is 2.97. The van der Waals surface area contributed by atoms with Crippen LogP contribution < -0.4 is 10.2 Å². The molecule has 1 heterocycles. The molecule has 7 heteroatoms. The van der Waals surface area contributed by atoms with Gasteiger partial charge in [0.1, 0.15) is 6.10 Å². The van der Waals surface area contributed by atoms with Crippen molar-refractivity contribution in [2.45, 2.75) is 6.10 Å². The highest BCUT2D eigenvalue weighted by molar-refractivity contribution is 5.89. The van der Waals surface area contributed by atoms with Crippen LogP contribution in [0.2, 0.25) is 0 Å². The average Bonchev–Trinajstić information content (AvgIpc) is 2.79. The second kappa shape index (κ2) is 5.66. The monoisotopic (exact) mass is 266 g/mol. The topological polar surface area (TPSA) is 70.9 Å². The maximum atomic E-state index is 11.7. The van der Waals surface area contributed by atoms with Gasteiger partial charge in [-0.1, -0.05) is 0 Å². The van der Waals surface area contributed by atoms with Gasteiger partial charge in [-0.25, -0.2) is 9.63 Å². The summed E-state index contributed by atoms with van der Waals surface area (Å²) < 4.78 is 5.20. The zero-order chi connectivity index (χ0) is 13.8. The van der Waals surface area contributed by atoms with E-state index in [0.717, 1.165) is 0 Å². The first-order chi connectivity index (χ1) is 9.15. The molecule has 102 valence electrons. The fourth-order valence-electron chi connectivity index (χ4n) is 1.93. The Balaban J connectivity index is 2.10. The molecule has 1 unspecified atom stereocenters. The molecule has 0 aliphatic carbocycles. The first-order valence-corrected chi connectivity index (χ1v) is 5.90. The normalized spacial score (nSPS) is 18.3. The fourth-order valence-corrected chi connectivity index (χ4v) is 1.93. The summed E-state index contributed by atoms with van der Waals surface area (Å²) in [7, 11) is 3.10. The molecule has 1 aromatic rings. The number of carbonyl (C=O) groups is 1. The van der Waals surface area contributed by atoms with Crippen LogP contribution in [0.25, 0.3) is 0 Å². The molecule has 1 aliphatic rings. The highest BCUT2D eigenvalue weighted by Gasteiger charge is 2.32. The largest absolute Gasteiger partial charge is 0.443 e. The van der Waals surface area contributed by atoms with E-state index in [0.29, 0.717) is 29.4 Å². The number of likely N-dealkylation sites (N-methyl/N-ethyl adjacent to an activating group) is 1. The zero-order valence-corrected chi connectivity index (χ0v) is 10.8. The van der Waals surface area contributed by atoms with Gasteiger partial charge in [0.2, 0.25) is 0 Å². The fraction of sp³-hybridized carbons (Fsp3) is 0.417. The maximum absolute atomic E-state index is 11.7. The summed E-state index contributed by atoms with van der Waals surface area (Å²) in [6.07, 6.45) is -0.536. The van der Waals surface area contributed by atoms with E-state index in [9.17, 15) is 9.70 Å². The number of carbonyl (C=O) groups excluding carboxylic acids is 1. The van der Waals surface area contributed by atoms with Crippen LogP contribution in [0.15, 0.2) is 24.3 Å². The number of benzene rings is 1. The van der Waals surface area contributed by atoms with Crippen molar-refractivity contribution in [3.05, 3.63) is 29.2 Å². The van der Waals surface area contributed by atoms with Crippen LogP contribution in [-0.2, 0) is 9.57 Å². The molecule has 0 saturated carbocycles. The number of amides is 1. The minimum atomic E-state index is -0.376. The summed E-state index contributed by atoms with van der Waals surface area (Å²) in [5.74, 6) is 0. The van der Waals surface area contributed by atoms with Crippen LogP contribution in [0.4, 0.5) is 16.2 Å². The van der Waals surface area contributed by atoms with Gasteiger partial charge in [0, 0.05) is 24.4 Å². The Morgan fingerprint density at radius 1 is 1.47 bits per heavy atom. The van der Waals surface area contributed by atoms with Crippen LogP contribution in [0.3, 0.4) is 0 Å². The summed E-state index contributed by atoms with van der Waals surface area (Å²) in [4.78, 5) is 29.4. The Hall–Kier alpha value is -2.15. The predicted molar refractivity (Wildman–Crippen MR) is 68.3 cm³/mol. The molecule has 0 bridgehead atoms. The second-order valence-corrected chi connectivity index (χ2v) is 4.13. The molecule has 0 spiro atoms. The van der Waals surface area contributed by atoms with E-state index in [2.05, 4.69) is 10.2 Å². The minimum Gasteiger partial charge on any atom is -0.443 e. The van der Waals surface area contributed by atoms with Crippen molar-refractivity contribution in [1.29, 1.82) is 0 Å². The highest BCUT2D eigenvalue weighted by Crippen LogP contribution is 2.24. The molecule has 1 amide bonds. The lowest BCUT2D eigenvalue weighted by molar-refractivity contribution is -0.736. The van der Waals surface area contributed by atoms with Gasteiger partial charge < -0.3 is 10.1 Å². The van der Waals surface area contributed by atoms with Crippen molar-refractivity contribution in [2.75, 3.05) is 32.1 Å². The van der Waals surface area contributed by atoms with E-state index in [-0.39, 0.29) is 12.2 Å². The third-order valence-electron chi connectivity index (χ3n) is 2.84. The van der Waals surface area contributed by atoms with Crippen LogP contribution in [-0.4, -0.2) is 44.4 Å². The smallest absolute Gasteiger partial charge is 0.414 e. The number of nitrogens with one attached hydrogen (secondary N) is 1. The van der Waals surface area contributed by atoms with Crippen LogP contribution in [0, 0.1) is 4.91 Å². The van der Waals surface area contributed by atoms with Crippen LogP contribution in [0.1, 0.15) is 0 Å². The van der Waals surface area contributed by atoms with Crippen LogP contribution >= 0.6 is 0 Å². The first kappa shape index (κ1) is 13.3. The lowest BCUT2D eigenvalue weighted by Gasteiger charge is -2.12. The minimum absolute atomic E-state index is 0.160. The van der Waals surface area contributed by atoms with Crippen molar-refractivity contribution < 1.29 is 19.3 Å². The lowest BCUT2D eigenvalue weighted by Crippen LogP contribution is -2.29. The Bertz CT molecular complexity index is 474. The Kier molecular flexibility index (Phi) is 3.96. The van der Waals surface area contributed by atoms with Gasteiger partial charge in [-0.05, 0) is 19.2 Å². The van der Waals surface area contributed by atoms with E-state index in [1.165, 1.54) is 12.0 Å². The van der Waals surface area contributed by atoms with Gasteiger partial charge in [0.15, 0.2) is 7.11 Å². The molecular formula is C12H16N3O4+. The number of anilines is 1. The highest BCUT2D eigenvalue weighted by atomic mass is 16.8. The van der Waals surface area contributed by atoms with Gasteiger partial charge >= 0.3 is 11.8 Å². The van der Waals surface area contributed by atoms with E-state index < -0.39 is 0 Å². The molecule has 1 aromatic carbocycles. The number of hydrogen-bond donors (Lipinski definition) is 1. The van der Waals surface area contributed by atoms with Gasteiger partial charge in [-0.2, -0.15) is 0 Å². The molecule has 7 nitrogen and oxygen atoms in total. The second-order valence-electron chi connectivity index (χ2n) is 4.13. The summed E-state index contributed by atoms with van der Waals surface area (Å²) in [5.41, 5.74) is 1.06. The SMILES string of the molecule is CNCC1CN(c2ccc([N+](=O)OC)cc2)C(=O)O1. The molecule has 0 radical (unpaired) electrons. The summed E-state index contributed by atoms with van der Waals surface area (Å²) in [6.45, 7) is 1.10. The van der Waals surface area contributed by atoms with Crippen molar-refractivity contribution in [1.82, 2.24) is 5.32 Å². The van der Waals surface area contributed by atoms with Gasteiger partial charge in [-0.15, -0.1) is 0 Å². The van der Waals surface area contributed by atoms with E-state index >= 15 is 0 Å². The number of nitrogens with zero attached hydrogens (tertiary/aromatic N) is 2. The van der Waals surface area contributed by atoms with Gasteiger partial charge in [-0.3, -0.25) is 4.90 Å². The Morgan fingerprint density at radius 2 is 2.16 bits per heavy atom. The summed E-state index contributed by atoms with van der Waals surface area (Å²) >= 11 is 0. The van der Waals surface area contributed by atoms with Crippen molar-refractivity contribution >= 4 is 17.5 Å². The van der Waals surface area contributed by atoms with E-state index in [1.807, 2.05) is 0 Å². The number of rotatable bonds is 5. The number of cyclic esters (lactones) is 1. The van der Waals surface area contributed by atoms with Gasteiger partial charge in [0.25, 0.3) is 4.92 Å². The number of hydrogen-bond acceptors (Lipinski definition) is 5. The molecule has 1 atom stereocenters. The molecule has 1 N–H and O–H groups in total.